The van der Waals surface area contributed by atoms with Gasteiger partial charge >= 0.3 is 0 Å². The number of amides is 1. The van der Waals surface area contributed by atoms with Gasteiger partial charge in [-0.1, -0.05) is 0 Å². The SMILES string of the molecule is COc1cc(SC)ccc1C(=O)N1CCCN(Cc2csc(C)n2)CC1. The first-order chi connectivity index (χ1) is 12.6. The molecule has 1 saturated heterocycles. The van der Waals surface area contributed by atoms with E-state index in [-0.39, 0.29) is 5.91 Å². The zero-order valence-electron chi connectivity index (χ0n) is 15.5. The molecule has 0 saturated carbocycles. The van der Waals surface area contributed by atoms with Gasteiger partial charge in [0.05, 0.1) is 23.4 Å². The van der Waals surface area contributed by atoms with Gasteiger partial charge < -0.3 is 9.64 Å². The quantitative estimate of drug-likeness (QED) is 0.730. The number of carbonyl (C=O) groups excluding carboxylic acids is 1. The lowest BCUT2D eigenvalue weighted by molar-refractivity contribution is 0.0757. The smallest absolute Gasteiger partial charge is 0.257 e. The number of thioether (sulfide) groups is 1. The van der Waals surface area contributed by atoms with Crippen molar-refractivity contribution >= 4 is 29.0 Å². The van der Waals surface area contributed by atoms with E-state index in [1.54, 1.807) is 30.2 Å². The molecule has 1 aliphatic rings. The second kappa shape index (κ2) is 8.88. The van der Waals surface area contributed by atoms with Crippen LogP contribution in [0.5, 0.6) is 5.75 Å². The normalized spacial score (nSPS) is 15.7. The van der Waals surface area contributed by atoms with Crippen molar-refractivity contribution in [3.05, 3.63) is 39.8 Å². The molecule has 0 N–H and O–H groups in total. The van der Waals surface area contributed by atoms with E-state index in [4.69, 9.17) is 4.74 Å². The van der Waals surface area contributed by atoms with E-state index < -0.39 is 0 Å². The minimum Gasteiger partial charge on any atom is -0.496 e. The first-order valence-electron chi connectivity index (χ1n) is 8.75. The van der Waals surface area contributed by atoms with Crippen LogP contribution in [0, 0.1) is 6.92 Å². The fourth-order valence-corrected chi connectivity index (χ4v) is 4.22. The number of methoxy groups -OCH3 is 1. The van der Waals surface area contributed by atoms with Crippen LogP contribution in [0.15, 0.2) is 28.5 Å². The fraction of sp³-hybridized carbons (Fsp3) is 0.474. The molecular weight excluding hydrogens is 366 g/mol. The molecule has 3 rings (SSSR count). The Bertz CT molecular complexity index is 763. The van der Waals surface area contributed by atoms with Crippen LogP contribution < -0.4 is 4.74 Å². The molecule has 140 valence electrons. The number of hydrogen-bond acceptors (Lipinski definition) is 6. The molecule has 5 nitrogen and oxygen atoms in total. The Kier molecular flexibility index (Phi) is 6.56. The van der Waals surface area contributed by atoms with Crippen molar-refractivity contribution in [2.45, 2.75) is 24.8 Å². The summed E-state index contributed by atoms with van der Waals surface area (Å²) in [5.74, 6) is 0.710. The van der Waals surface area contributed by atoms with Gasteiger partial charge in [-0.2, -0.15) is 0 Å². The van der Waals surface area contributed by atoms with Crippen LogP contribution in [0.25, 0.3) is 0 Å². The maximum absolute atomic E-state index is 13.0. The zero-order chi connectivity index (χ0) is 18.5. The highest BCUT2D eigenvalue weighted by Crippen LogP contribution is 2.26. The average Bonchev–Trinajstić information content (AvgIpc) is 2.92. The Morgan fingerprint density at radius 1 is 1.31 bits per heavy atom. The Hall–Kier alpha value is -1.57. The molecule has 2 heterocycles. The molecule has 1 aromatic carbocycles. The van der Waals surface area contributed by atoms with Crippen molar-refractivity contribution in [3.63, 3.8) is 0 Å². The lowest BCUT2D eigenvalue weighted by Gasteiger charge is -2.22. The Balaban J connectivity index is 1.66. The highest BCUT2D eigenvalue weighted by molar-refractivity contribution is 7.98. The fourth-order valence-electron chi connectivity index (χ4n) is 3.19. The molecule has 0 atom stereocenters. The lowest BCUT2D eigenvalue weighted by Crippen LogP contribution is -2.35. The van der Waals surface area contributed by atoms with E-state index in [1.165, 1.54) is 0 Å². The van der Waals surface area contributed by atoms with Crippen molar-refractivity contribution in [2.75, 3.05) is 39.5 Å². The van der Waals surface area contributed by atoms with E-state index in [2.05, 4.69) is 15.3 Å². The van der Waals surface area contributed by atoms with E-state index in [1.807, 2.05) is 36.3 Å². The molecule has 1 amide bonds. The topological polar surface area (TPSA) is 45.7 Å². The maximum Gasteiger partial charge on any atom is 0.257 e. The summed E-state index contributed by atoms with van der Waals surface area (Å²) >= 11 is 3.33. The highest BCUT2D eigenvalue weighted by Gasteiger charge is 2.23. The molecule has 1 fully saturated rings. The summed E-state index contributed by atoms with van der Waals surface area (Å²) in [4.78, 5) is 23.0. The van der Waals surface area contributed by atoms with Gasteiger partial charge in [0.1, 0.15) is 5.75 Å². The number of benzene rings is 1. The summed E-state index contributed by atoms with van der Waals surface area (Å²) in [6, 6.07) is 5.80. The molecule has 2 aromatic rings. The van der Waals surface area contributed by atoms with Gasteiger partial charge in [-0.3, -0.25) is 9.69 Å². The molecule has 26 heavy (non-hydrogen) atoms. The number of aryl methyl sites for hydroxylation is 1. The number of thiazole rings is 1. The molecule has 1 aromatic heterocycles. The largest absolute Gasteiger partial charge is 0.496 e. The zero-order valence-corrected chi connectivity index (χ0v) is 17.2. The Morgan fingerprint density at radius 2 is 2.15 bits per heavy atom. The average molecular weight is 392 g/mol. The van der Waals surface area contributed by atoms with Crippen molar-refractivity contribution in [1.29, 1.82) is 0 Å². The third-order valence-electron chi connectivity index (χ3n) is 4.57. The van der Waals surface area contributed by atoms with Crippen molar-refractivity contribution < 1.29 is 9.53 Å². The van der Waals surface area contributed by atoms with Gasteiger partial charge in [0.15, 0.2) is 0 Å². The predicted octanol–water partition coefficient (Wildman–Crippen LogP) is 3.53. The summed E-state index contributed by atoms with van der Waals surface area (Å²) in [6.45, 7) is 6.26. The molecule has 0 bridgehead atoms. The third-order valence-corrected chi connectivity index (χ3v) is 6.11. The first kappa shape index (κ1) is 19.2. The summed E-state index contributed by atoms with van der Waals surface area (Å²) in [6.07, 6.45) is 2.99. The van der Waals surface area contributed by atoms with Crippen molar-refractivity contribution in [1.82, 2.24) is 14.8 Å². The second-order valence-electron chi connectivity index (χ2n) is 6.35. The number of aromatic nitrogens is 1. The van der Waals surface area contributed by atoms with Gasteiger partial charge in [0.25, 0.3) is 5.91 Å². The van der Waals surface area contributed by atoms with Crippen LogP contribution in [-0.4, -0.2) is 60.2 Å². The number of rotatable bonds is 5. The van der Waals surface area contributed by atoms with E-state index in [9.17, 15) is 4.79 Å². The number of hydrogen-bond donors (Lipinski definition) is 0. The molecule has 0 aliphatic carbocycles. The molecule has 1 aliphatic heterocycles. The maximum atomic E-state index is 13.0. The van der Waals surface area contributed by atoms with Gasteiger partial charge in [-0.05, 0) is 37.8 Å². The monoisotopic (exact) mass is 391 g/mol. The van der Waals surface area contributed by atoms with Crippen molar-refractivity contribution in [3.8, 4) is 5.75 Å². The molecule has 0 spiro atoms. The van der Waals surface area contributed by atoms with E-state index in [0.717, 1.165) is 54.7 Å². The van der Waals surface area contributed by atoms with Crippen LogP contribution in [0.1, 0.15) is 27.5 Å². The molecule has 0 radical (unpaired) electrons. The van der Waals surface area contributed by atoms with Gasteiger partial charge in [0, 0.05) is 43.0 Å². The number of carbonyl (C=O) groups is 1. The van der Waals surface area contributed by atoms with E-state index >= 15 is 0 Å². The van der Waals surface area contributed by atoms with Gasteiger partial charge in [0.2, 0.25) is 0 Å². The second-order valence-corrected chi connectivity index (χ2v) is 8.29. The number of nitrogens with zero attached hydrogens (tertiary/aromatic N) is 3. The summed E-state index contributed by atoms with van der Waals surface area (Å²) in [7, 11) is 1.62. The van der Waals surface area contributed by atoms with Crippen LogP contribution in [0.2, 0.25) is 0 Å². The Morgan fingerprint density at radius 3 is 2.85 bits per heavy atom. The minimum absolute atomic E-state index is 0.0563. The summed E-state index contributed by atoms with van der Waals surface area (Å²) < 4.78 is 5.46. The lowest BCUT2D eigenvalue weighted by atomic mass is 10.1. The summed E-state index contributed by atoms with van der Waals surface area (Å²) in [5.41, 5.74) is 1.77. The standard InChI is InChI=1S/C19H25N3O2S2/c1-14-20-15(13-26-14)12-21-7-4-8-22(10-9-21)19(23)17-6-5-16(25-3)11-18(17)24-2/h5-6,11,13H,4,7-10,12H2,1-3H3. The predicted molar refractivity (Wildman–Crippen MR) is 107 cm³/mol. The van der Waals surface area contributed by atoms with Gasteiger partial charge in [-0.25, -0.2) is 4.98 Å². The molecule has 7 heteroatoms. The van der Waals surface area contributed by atoms with Crippen LogP contribution in [0.3, 0.4) is 0 Å². The van der Waals surface area contributed by atoms with Crippen LogP contribution in [0.4, 0.5) is 0 Å². The van der Waals surface area contributed by atoms with E-state index in [0.29, 0.717) is 11.3 Å². The molecule has 0 unspecified atom stereocenters. The third kappa shape index (κ3) is 4.58. The van der Waals surface area contributed by atoms with Gasteiger partial charge in [-0.15, -0.1) is 23.1 Å². The highest BCUT2D eigenvalue weighted by atomic mass is 32.2. The first-order valence-corrected chi connectivity index (χ1v) is 10.9. The van der Waals surface area contributed by atoms with Crippen LogP contribution in [-0.2, 0) is 6.54 Å². The molecular formula is C19H25N3O2S2. The summed E-state index contributed by atoms with van der Waals surface area (Å²) in [5, 5.41) is 3.23. The van der Waals surface area contributed by atoms with Crippen molar-refractivity contribution in [2.24, 2.45) is 0 Å². The number of ether oxygens (including phenoxy) is 1. The van der Waals surface area contributed by atoms with Crippen LogP contribution >= 0.6 is 23.1 Å². The minimum atomic E-state index is 0.0563. The Labute approximate surface area is 163 Å².